The number of carbonyl (C=O) groups is 3. The van der Waals surface area contributed by atoms with Gasteiger partial charge in [0.25, 0.3) is 11.8 Å². The Bertz CT molecular complexity index is 1160. The largest absolute Gasteiger partial charge is 0.497 e. The molecule has 0 radical (unpaired) electrons. The molecule has 3 aromatic rings. The number of hydrogen-bond donors (Lipinski definition) is 2. The predicted octanol–water partition coefficient (Wildman–Crippen LogP) is 4.23. The third-order valence-electron chi connectivity index (χ3n) is 5.06. The van der Waals surface area contributed by atoms with Crippen molar-refractivity contribution in [3.63, 3.8) is 0 Å². The SMILES string of the molecule is CCOC(=O)c1c(NC(=O)COc2ccc(OC)cc2)sc(C(=O)NCCc2ccccc2)c1C. The molecule has 2 amide bonds. The van der Waals surface area contributed by atoms with Gasteiger partial charge in [0.2, 0.25) is 0 Å². The van der Waals surface area contributed by atoms with E-state index in [1.54, 1.807) is 45.2 Å². The highest BCUT2D eigenvalue weighted by molar-refractivity contribution is 7.18. The van der Waals surface area contributed by atoms with Crippen LogP contribution in [0.3, 0.4) is 0 Å². The van der Waals surface area contributed by atoms with Gasteiger partial charge in [-0.05, 0) is 55.7 Å². The summed E-state index contributed by atoms with van der Waals surface area (Å²) in [7, 11) is 1.56. The van der Waals surface area contributed by atoms with Crippen LogP contribution in [0.25, 0.3) is 0 Å². The van der Waals surface area contributed by atoms with Crippen LogP contribution in [-0.2, 0) is 16.0 Å². The molecule has 0 atom stereocenters. The molecule has 3 rings (SSSR count). The summed E-state index contributed by atoms with van der Waals surface area (Å²) in [4.78, 5) is 38.3. The fourth-order valence-corrected chi connectivity index (χ4v) is 4.42. The smallest absolute Gasteiger partial charge is 0.341 e. The molecule has 9 heteroatoms. The van der Waals surface area contributed by atoms with Crippen LogP contribution in [0.5, 0.6) is 11.5 Å². The number of methoxy groups -OCH3 is 1. The summed E-state index contributed by atoms with van der Waals surface area (Å²) in [6, 6.07) is 16.6. The molecule has 2 aromatic carbocycles. The lowest BCUT2D eigenvalue weighted by atomic mass is 10.1. The van der Waals surface area contributed by atoms with Crippen molar-refractivity contribution >= 4 is 34.1 Å². The third kappa shape index (κ3) is 7.07. The highest BCUT2D eigenvalue weighted by Gasteiger charge is 2.26. The lowest BCUT2D eigenvalue weighted by Gasteiger charge is -2.09. The van der Waals surface area contributed by atoms with Crippen LogP contribution >= 0.6 is 11.3 Å². The lowest BCUT2D eigenvalue weighted by molar-refractivity contribution is -0.118. The minimum atomic E-state index is -0.601. The van der Waals surface area contributed by atoms with Crippen molar-refractivity contribution in [1.29, 1.82) is 0 Å². The number of anilines is 1. The van der Waals surface area contributed by atoms with Gasteiger partial charge in [0.05, 0.1) is 24.2 Å². The number of thiophene rings is 1. The summed E-state index contributed by atoms with van der Waals surface area (Å²) in [6.45, 7) is 3.69. The third-order valence-corrected chi connectivity index (χ3v) is 6.26. The van der Waals surface area contributed by atoms with Crippen molar-refractivity contribution in [2.75, 3.05) is 32.2 Å². The Balaban J connectivity index is 1.68. The highest BCUT2D eigenvalue weighted by atomic mass is 32.1. The van der Waals surface area contributed by atoms with E-state index in [1.807, 2.05) is 30.3 Å². The van der Waals surface area contributed by atoms with Crippen LogP contribution in [0, 0.1) is 6.92 Å². The molecule has 0 saturated carbocycles. The van der Waals surface area contributed by atoms with Gasteiger partial charge in [0.1, 0.15) is 16.5 Å². The fraction of sp³-hybridized carbons (Fsp3) is 0.269. The zero-order valence-electron chi connectivity index (χ0n) is 19.9. The molecule has 0 bridgehead atoms. The molecule has 184 valence electrons. The summed E-state index contributed by atoms with van der Waals surface area (Å²) in [5.74, 6) is -0.222. The summed E-state index contributed by atoms with van der Waals surface area (Å²) >= 11 is 1.03. The summed E-state index contributed by atoms with van der Waals surface area (Å²) < 4.78 is 15.8. The highest BCUT2D eigenvalue weighted by Crippen LogP contribution is 2.34. The normalized spacial score (nSPS) is 10.4. The standard InChI is InChI=1S/C26H28N2O6S/c1-4-33-26(31)22-17(2)23(24(30)27-15-14-18-8-6-5-7-9-18)35-25(22)28-21(29)16-34-20-12-10-19(32-3)11-13-20/h5-13H,4,14-16H2,1-3H3,(H,27,30)(H,28,29). The van der Waals surface area contributed by atoms with E-state index in [9.17, 15) is 14.4 Å². The summed E-state index contributed by atoms with van der Waals surface area (Å²) in [5, 5.41) is 5.82. The Morgan fingerprint density at radius 1 is 0.971 bits per heavy atom. The Morgan fingerprint density at radius 2 is 1.66 bits per heavy atom. The van der Waals surface area contributed by atoms with E-state index < -0.39 is 11.9 Å². The molecular formula is C26H28N2O6S. The van der Waals surface area contributed by atoms with Crippen LogP contribution in [0.2, 0.25) is 0 Å². The van der Waals surface area contributed by atoms with Gasteiger partial charge < -0.3 is 24.8 Å². The molecule has 0 spiro atoms. The van der Waals surface area contributed by atoms with Crippen molar-refractivity contribution in [2.24, 2.45) is 0 Å². The molecule has 2 N–H and O–H groups in total. The van der Waals surface area contributed by atoms with Crippen molar-refractivity contribution < 1.29 is 28.6 Å². The Hall–Kier alpha value is -3.85. The number of hydrogen-bond acceptors (Lipinski definition) is 7. The van der Waals surface area contributed by atoms with E-state index in [2.05, 4.69) is 10.6 Å². The number of nitrogens with one attached hydrogen (secondary N) is 2. The van der Waals surface area contributed by atoms with E-state index in [4.69, 9.17) is 14.2 Å². The van der Waals surface area contributed by atoms with E-state index in [-0.39, 0.29) is 29.7 Å². The first-order valence-electron chi connectivity index (χ1n) is 11.1. The maximum Gasteiger partial charge on any atom is 0.341 e. The van der Waals surface area contributed by atoms with Crippen molar-refractivity contribution in [2.45, 2.75) is 20.3 Å². The molecule has 0 unspecified atom stereocenters. The molecule has 1 aromatic heterocycles. The van der Waals surface area contributed by atoms with Crippen molar-refractivity contribution in [3.05, 3.63) is 76.2 Å². The molecule has 1 heterocycles. The minimum Gasteiger partial charge on any atom is -0.497 e. The van der Waals surface area contributed by atoms with Gasteiger partial charge >= 0.3 is 5.97 Å². The number of benzene rings is 2. The number of esters is 1. The van der Waals surface area contributed by atoms with Crippen LogP contribution in [-0.4, -0.2) is 44.7 Å². The number of carbonyl (C=O) groups excluding carboxylic acids is 3. The monoisotopic (exact) mass is 496 g/mol. The molecule has 0 saturated heterocycles. The van der Waals surface area contributed by atoms with Gasteiger partial charge in [0.15, 0.2) is 6.61 Å². The Morgan fingerprint density at radius 3 is 2.31 bits per heavy atom. The van der Waals surface area contributed by atoms with E-state index in [0.717, 1.165) is 16.9 Å². The summed E-state index contributed by atoms with van der Waals surface area (Å²) in [6.07, 6.45) is 0.675. The topological polar surface area (TPSA) is 103 Å². The number of ether oxygens (including phenoxy) is 3. The van der Waals surface area contributed by atoms with Crippen molar-refractivity contribution in [1.82, 2.24) is 5.32 Å². The Labute approximate surface area is 208 Å². The average Bonchev–Trinajstić information content (AvgIpc) is 3.19. The number of amides is 2. The molecule has 35 heavy (non-hydrogen) atoms. The lowest BCUT2D eigenvalue weighted by Crippen LogP contribution is -2.25. The van der Waals surface area contributed by atoms with E-state index >= 15 is 0 Å². The second-order valence-electron chi connectivity index (χ2n) is 7.48. The maximum atomic E-state index is 12.9. The minimum absolute atomic E-state index is 0.167. The second kappa shape index (κ2) is 12.6. The van der Waals surface area contributed by atoms with Gasteiger partial charge in [-0.1, -0.05) is 30.3 Å². The zero-order valence-corrected chi connectivity index (χ0v) is 20.7. The molecule has 0 aliphatic heterocycles. The van der Waals surface area contributed by atoms with Gasteiger partial charge in [0, 0.05) is 6.54 Å². The van der Waals surface area contributed by atoms with Crippen LogP contribution in [0.1, 0.15) is 38.1 Å². The van der Waals surface area contributed by atoms with Crippen LogP contribution in [0.4, 0.5) is 5.00 Å². The second-order valence-corrected chi connectivity index (χ2v) is 8.51. The van der Waals surface area contributed by atoms with E-state index in [1.165, 1.54) is 0 Å². The first-order chi connectivity index (χ1) is 16.9. The van der Waals surface area contributed by atoms with Crippen molar-refractivity contribution in [3.8, 4) is 11.5 Å². The van der Waals surface area contributed by atoms with Gasteiger partial charge in [-0.15, -0.1) is 11.3 Å². The molecule has 8 nitrogen and oxygen atoms in total. The summed E-state index contributed by atoms with van der Waals surface area (Å²) in [5.41, 5.74) is 1.73. The first kappa shape index (κ1) is 25.8. The number of rotatable bonds is 11. The molecule has 0 aliphatic carbocycles. The fourth-order valence-electron chi connectivity index (χ4n) is 3.30. The van der Waals surface area contributed by atoms with Crippen LogP contribution < -0.4 is 20.1 Å². The average molecular weight is 497 g/mol. The molecule has 0 aliphatic rings. The van der Waals surface area contributed by atoms with Crippen LogP contribution in [0.15, 0.2) is 54.6 Å². The maximum absolute atomic E-state index is 12.9. The molecular weight excluding hydrogens is 468 g/mol. The van der Waals surface area contributed by atoms with Gasteiger partial charge in [-0.25, -0.2) is 4.79 Å². The first-order valence-corrected chi connectivity index (χ1v) is 11.9. The predicted molar refractivity (Wildman–Crippen MR) is 135 cm³/mol. The van der Waals surface area contributed by atoms with Gasteiger partial charge in [-0.2, -0.15) is 0 Å². The van der Waals surface area contributed by atoms with E-state index in [0.29, 0.717) is 34.9 Å². The quantitative estimate of drug-likeness (QED) is 0.385. The zero-order chi connectivity index (χ0) is 25.2. The molecule has 0 fully saturated rings. The van der Waals surface area contributed by atoms with Gasteiger partial charge in [-0.3, -0.25) is 9.59 Å². The Kier molecular flexibility index (Phi) is 9.25.